The van der Waals surface area contributed by atoms with E-state index in [0.717, 1.165) is 6.07 Å². The molecule has 1 heterocycles. The number of alkyl halides is 7. The molecule has 0 bridgehead atoms. The molecular weight excluding hydrogens is 329 g/mol. The van der Waals surface area contributed by atoms with E-state index in [1.165, 1.54) is 0 Å². The van der Waals surface area contributed by atoms with Crippen molar-refractivity contribution in [1.82, 2.24) is 9.97 Å². The summed E-state index contributed by atoms with van der Waals surface area (Å²) in [4.78, 5) is 6.11. The van der Waals surface area contributed by atoms with E-state index in [2.05, 4.69) is 9.97 Å². The van der Waals surface area contributed by atoms with Gasteiger partial charge in [0.1, 0.15) is 5.15 Å². The second-order valence-corrected chi connectivity index (χ2v) is 4.35. The third-order valence-electron chi connectivity index (χ3n) is 2.55. The van der Waals surface area contributed by atoms with Crippen molar-refractivity contribution in [2.45, 2.75) is 18.5 Å². The van der Waals surface area contributed by atoms with Crippen LogP contribution in [-0.4, -0.2) is 16.4 Å². The summed E-state index contributed by atoms with van der Waals surface area (Å²) >= 11 is 5.53. The Bertz CT molecular complexity index is 684. The maximum atomic E-state index is 13.2. The molecule has 0 radical (unpaired) electrons. The highest BCUT2D eigenvalue weighted by molar-refractivity contribution is 6.34. The van der Waals surface area contributed by atoms with Crippen molar-refractivity contribution in [3.8, 4) is 0 Å². The Labute approximate surface area is 117 Å². The number of hydrogen-bond donors (Lipinski definition) is 0. The molecule has 1 aromatic carbocycles. The first-order valence-electron chi connectivity index (χ1n) is 5.24. The molecule has 0 aliphatic rings. The largest absolute Gasteiger partial charge is 0.416 e. The first-order chi connectivity index (χ1) is 9.53. The molecule has 0 spiro atoms. The molecule has 0 N–H and O–H groups in total. The molecule has 0 saturated carbocycles. The monoisotopic (exact) mass is 332 g/mol. The van der Waals surface area contributed by atoms with Gasteiger partial charge in [-0.2, -0.15) is 22.0 Å². The molecule has 1 aromatic heterocycles. The quantitative estimate of drug-likeness (QED) is 0.590. The fourth-order valence-electron chi connectivity index (χ4n) is 1.51. The maximum absolute atomic E-state index is 13.2. The van der Waals surface area contributed by atoms with Crippen molar-refractivity contribution < 1.29 is 30.7 Å². The molecule has 114 valence electrons. The Morgan fingerprint density at radius 3 is 2.14 bits per heavy atom. The maximum Gasteiger partial charge on any atom is 0.416 e. The van der Waals surface area contributed by atoms with Crippen LogP contribution in [0.4, 0.5) is 30.7 Å². The van der Waals surface area contributed by atoms with Gasteiger partial charge >= 0.3 is 18.5 Å². The lowest BCUT2D eigenvalue weighted by Gasteiger charge is -2.15. The van der Waals surface area contributed by atoms with Crippen molar-refractivity contribution in [3.63, 3.8) is 0 Å². The Morgan fingerprint density at radius 2 is 1.62 bits per heavy atom. The molecule has 0 unspecified atom stereocenters. The van der Waals surface area contributed by atoms with E-state index < -0.39 is 40.6 Å². The van der Waals surface area contributed by atoms with Gasteiger partial charge in [0.05, 0.1) is 11.1 Å². The Balaban J connectivity index is 2.68. The van der Waals surface area contributed by atoms with Crippen LogP contribution in [0.1, 0.15) is 11.4 Å². The molecule has 0 amide bonds. The van der Waals surface area contributed by atoms with Crippen LogP contribution in [0, 0.1) is 0 Å². The number of aromatic nitrogens is 2. The van der Waals surface area contributed by atoms with Gasteiger partial charge < -0.3 is 0 Å². The van der Waals surface area contributed by atoms with E-state index in [9.17, 15) is 30.7 Å². The lowest BCUT2D eigenvalue weighted by Crippen LogP contribution is -2.26. The van der Waals surface area contributed by atoms with Gasteiger partial charge in [0.2, 0.25) is 5.82 Å². The Morgan fingerprint density at radius 1 is 1.00 bits per heavy atom. The van der Waals surface area contributed by atoms with E-state index in [0.29, 0.717) is 12.1 Å². The van der Waals surface area contributed by atoms with Gasteiger partial charge in [0.15, 0.2) is 0 Å². The summed E-state index contributed by atoms with van der Waals surface area (Å²) < 4.78 is 88.4. The van der Waals surface area contributed by atoms with Crippen LogP contribution in [0.2, 0.25) is 5.15 Å². The number of hydrogen-bond acceptors (Lipinski definition) is 2. The van der Waals surface area contributed by atoms with Crippen molar-refractivity contribution in [1.29, 1.82) is 0 Å². The average Bonchev–Trinajstić information content (AvgIpc) is 2.36. The van der Waals surface area contributed by atoms with E-state index in [1.807, 2.05) is 0 Å². The summed E-state index contributed by atoms with van der Waals surface area (Å²) in [5, 5.41) is -0.789. The molecule has 0 aliphatic carbocycles. The first kappa shape index (κ1) is 15.7. The van der Waals surface area contributed by atoms with Crippen molar-refractivity contribution in [2.24, 2.45) is 0 Å². The number of nitrogens with zero attached hydrogens (tertiary/aromatic N) is 2. The highest BCUT2D eigenvalue weighted by Crippen LogP contribution is 2.36. The summed E-state index contributed by atoms with van der Waals surface area (Å²) in [6.07, 6.45) is -8.85. The Hall–Kier alpha value is -1.64. The van der Waals surface area contributed by atoms with Crippen LogP contribution in [0.5, 0.6) is 0 Å². The third kappa shape index (κ3) is 2.87. The molecule has 10 heteroatoms. The van der Waals surface area contributed by atoms with E-state index in [4.69, 9.17) is 11.6 Å². The standard InChI is InChI=1S/C11H4ClF7N2/c12-7-5-2-1-4(11(17,18)19)3-6(5)20-9(21-7)10(15,16)8(13)14/h1-3,8H. The lowest BCUT2D eigenvalue weighted by atomic mass is 10.1. The normalized spacial score (nSPS) is 13.2. The average molecular weight is 333 g/mol. The van der Waals surface area contributed by atoms with Gasteiger partial charge in [-0.05, 0) is 18.2 Å². The first-order valence-corrected chi connectivity index (χ1v) is 5.62. The van der Waals surface area contributed by atoms with Gasteiger partial charge in [-0.1, -0.05) is 11.6 Å². The van der Waals surface area contributed by atoms with Crippen molar-refractivity contribution in [3.05, 3.63) is 34.7 Å². The highest BCUT2D eigenvalue weighted by atomic mass is 35.5. The number of fused-ring (bicyclic) bond motifs is 1. The van der Waals surface area contributed by atoms with Gasteiger partial charge in [-0.25, -0.2) is 18.7 Å². The summed E-state index contributed by atoms with van der Waals surface area (Å²) in [6.45, 7) is 0. The second-order valence-electron chi connectivity index (χ2n) is 3.99. The predicted molar refractivity (Wildman–Crippen MR) is 59.4 cm³/mol. The van der Waals surface area contributed by atoms with Gasteiger partial charge in [-0.15, -0.1) is 0 Å². The van der Waals surface area contributed by atoms with E-state index in [1.54, 1.807) is 0 Å². The number of halogens is 8. The van der Waals surface area contributed by atoms with E-state index >= 15 is 0 Å². The lowest BCUT2D eigenvalue weighted by molar-refractivity contribution is -0.140. The SMILES string of the molecule is FC(F)C(F)(F)c1nc(Cl)c2ccc(C(F)(F)F)cc2n1. The van der Waals surface area contributed by atoms with Crippen LogP contribution in [0.25, 0.3) is 10.9 Å². The molecule has 0 fully saturated rings. The molecule has 2 rings (SSSR count). The summed E-state index contributed by atoms with van der Waals surface area (Å²) in [5.41, 5.74) is -1.77. The van der Waals surface area contributed by atoms with Crippen molar-refractivity contribution in [2.75, 3.05) is 0 Å². The zero-order chi connectivity index (χ0) is 16.0. The summed E-state index contributed by atoms with van der Waals surface area (Å²) in [6, 6.07) is 1.97. The fraction of sp³-hybridized carbons (Fsp3) is 0.273. The van der Waals surface area contributed by atoms with E-state index in [-0.39, 0.29) is 5.39 Å². The minimum absolute atomic E-state index is 0.154. The zero-order valence-electron chi connectivity index (χ0n) is 9.73. The molecular formula is C11H4ClF7N2. The van der Waals surface area contributed by atoms with Crippen LogP contribution in [0.15, 0.2) is 18.2 Å². The third-order valence-corrected chi connectivity index (χ3v) is 2.84. The van der Waals surface area contributed by atoms with Crippen LogP contribution in [0.3, 0.4) is 0 Å². The minimum atomic E-state index is -4.74. The second kappa shape index (κ2) is 4.97. The molecule has 0 aliphatic heterocycles. The molecule has 21 heavy (non-hydrogen) atoms. The molecule has 2 aromatic rings. The zero-order valence-corrected chi connectivity index (χ0v) is 10.5. The van der Waals surface area contributed by atoms with Crippen molar-refractivity contribution >= 4 is 22.5 Å². The van der Waals surface area contributed by atoms with Crippen LogP contribution >= 0.6 is 11.6 Å². The minimum Gasteiger partial charge on any atom is -0.227 e. The summed E-state index contributed by atoms with van der Waals surface area (Å²) in [5.74, 6) is -6.35. The molecule has 2 nitrogen and oxygen atoms in total. The van der Waals surface area contributed by atoms with Gasteiger partial charge in [0.25, 0.3) is 0 Å². The van der Waals surface area contributed by atoms with Gasteiger partial charge in [-0.3, -0.25) is 0 Å². The molecule has 0 atom stereocenters. The smallest absolute Gasteiger partial charge is 0.227 e. The van der Waals surface area contributed by atoms with Gasteiger partial charge in [0, 0.05) is 5.39 Å². The Kier molecular flexibility index (Phi) is 3.73. The topological polar surface area (TPSA) is 25.8 Å². The number of benzene rings is 1. The molecule has 0 saturated heterocycles. The van der Waals surface area contributed by atoms with Crippen LogP contribution < -0.4 is 0 Å². The van der Waals surface area contributed by atoms with Crippen LogP contribution in [-0.2, 0) is 12.1 Å². The summed E-state index contributed by atoms with van der Waals surface area (Å²) in [7, 11) is 0. The predicted octanol–water partition coefficient (Wildman–Crippen LogP) is 4.66. The number of rotatable bonds is 2. The fourth-order valence-corrected chi connectivity index (χ4v) is 1.75. The highest BCUT2D eigenvalue weighted by Gasteiger charge is 2.46.